The molecule has 0 aliphatic carbocycles. The predicted molar refractivity (Wildman–Crippen MR) is 70.3 cm³/mol. The van der Waals surface area contributed by atoms with Crippen LogP contribution in [0, 0.1) is 0 Å². The second-order valence-corrected chi connectivity index (χ2v) is 4.58. The van der Waals surface area contributed by atoms with Crippen LogP contribution in [0.5, 0.6) is 5.75 Å². The van der Waals surface area contributed by atoms with Gasteiger partial charge in [0.1, 0.15) is 10.4 Å². The van der Waals surface area contributed by atoms with Crippen LogP contribution in [0.3, 0.4) is 0 Å². The summed E-state index contributed by atoms with van der Waals surface area (Å²) in [5, 5.41) is 6.35. The maximum Gasteiger partial charge on any atom is 0.159 e. The topological polar surface area (TPSA) is 39.9 Å². The van der Waals surface area contributed by atoms with Crippen LogP contribution in [0.1, 0.15) is 0 Å². The Labute approximate surface area is 106 Å². The van der Waals surface area contributed by atoms with Crippen molar-refractivity contribution < 1.29 is 4.74 Å². The maximum atomic E-state index is 5.21. The van der Waals surface area contributed by atoms with E-state index in [9.17, 15) is 0 Å². The van der Waals surface area contributed by atoms with E-state index in [0.29, 0.717) is 0 Å². The fourth-order valence-corrected chi connectivity index (χ4v) is 2.43. The van der Waals surface area contributed by atoms with Crippen LogP contribution in [0.4, 0.5) is 0 Å². The van der Waals surface area contributed by atoms with E-state index in [1.54, 1.807) is 11.8 Å². The normalized spacial score (nSPS) is 11.2. The van der Waals surface area contributed by atoms with Crippen molar-refractivity contribution >= 4 is 37.9 Å². The van der Waals surface area contributed by atoms with Gasteiger partial charge in [-0.3, -0.25) is 0 Å². The molecule has 3 rings (SSSR count). The number of hydrogen-bond donors (Lipinski definition) is 0. The third-order valence-electron chi connectivity index (χ3n) is 2.77. The fourth-order valence-electron chi connectivity index (χ4n) is 1.90. The average Bonchev–Trinajstić information content (AvgIpc) is 2.62. The molecule has 0 aliphatic rings. The van der Waals surface area contributed by atoms with E-state index in [2.05, 4.69) is 32.1 Å². The Hall–Kier alpha value is -1.62. The lowest BCUT2D eigenvalue weighted by molar-refractivity contribution is 0.415. The van der Waals surface area contributed by atoms with Gasteiger partial charge in [-0.25, -0.2) is 9.67 Å². The summed E-state index contributed by atoms with van der Waals surface area (Å²) < 4.78 is 7.79. The molecule has 86 valence electrons. The second kappa shape index (κ2) is 3.70. The van der Waals surface area contributed by atoms with Crippen molar-refractivity contribution in [3.63, 3.8) is 0 Å². The van der Waals surface area contributed by atoms with Crippen LogP contribution in [0.2, 0.25) is 0 Å². The van der Waals surface area contributed by atoms with E-state index in [4.69, 9.17) is 4.74 Å². The average molecular weight is 292 g/mol. The highest BCUT2D eigenvalue weighted by Crippen LogP contribution is 2.27. The summed E-state index contributed by atoms with van der Waals surface area (Å²) in [6, 6.07) is 7.90. The Kier molecular flexibility index (Phi) is 2.29. The molecule has 1 aromatic carbocycles. The SMILES string of the molecule is COc1ccc2nc3c(cc2c1)c(Br)nn3C. The maximum absolute atomic E-state index is 5.21. The number of benzene rings is 1. The highest BCUT2D eigenvalue weighted by Gasteiger charge is 2.09. The Balaban J connectivity index is 2.41. The second-order valence-electron chi connectivity index (χ2n) is 3.83. The molecule has 0 saturated heterocycles. The summed E-state index contributed by atoms with van der Waals surface area (Å²) in [6.45, 7) is 0. The summed E-state index contributed by atoms with van der Waals surface area (Å²) >= 11 is 3.44. The van der Waals surface area contributed by atoms with Crippen LogP contribution >= 0.6 is 15.9 Å². The quantitative estimate of drug-likeness (QED) is 0.692. The number of ether oxygens (including phenoxy) is 1. The summed E-state index contributed by atoms with van der Waals surface area (Å²) in [7, 11) is 3.54. The third kappa shape index (κ3) is 1.58. The van der Waals surface area contributed by atoms with Gasteiger partial charge in [0.15, 0.2) is 5.65 Å². The van der Waals surface area contributed by atoms with Crippen molar-refractivity contribution in [2.45, 2.75) is 0 Å². The highest BCUT2D eigenvalue weighted by atomic mass is 79.9. The summed E-state index contributed by atoms with van der Waals surface area (Å²) in [5.74, 6) is 0.832. The number of aryl methyl sites for hydroxylation is 1. The van der Waals surface area contributed by atoms with Crippen LogP contribution < -0.4 is 4.74 Å². The molecule has 0 bridgehead atoms. The Morgan fingerprint density at radius 3 is 2.88 bits per heavy atom. The van der Waals surface area contributed by atoms with Crippen LogP contribution in [-0.4, -0.2) is 21.9 Å². The van der Waals surface area contributed by atoms with Crippen LogP contribution in [-0.2, 0) is 7.05 Å². The van der Waals surface area contributed by atoms with Crippen LogP contribution in [0.15, 0.2) is 28.9 Å². The minimum Gasteiger partial charge on any atom is -0.497 e. The lowest BCUT2D eigenvalue weighted by Gasteiger charge is -2.02. The number of hydrogen-bond acceptors (Lipinski definition) is 3. The first kappa shape index (κ1) is 10.5. The number of nitrogens with zero attached hydrogens (tertiary/aromatic N) is 3. The summed E-state index contributed by atoms with van der Waals surface area (Å²) in [6.07, 6.45) is 0. The van der Waals surface area contributed by atoms with Gasteiger partial charge in [-0.05, 0) is 40.2 Å². The van der Waals surface area contributed by atoms with Crippen molar-refractivity contribution in [1.82, 2.24) is 14.8 Å². The number of pyridine rings is 1. The first-order chi connectivity index (χ1) is 8.19. The molecule has 0 aliphatic heterocycles. The van der Waals surface area contributed by atoms with E-state index in [1.165, 1.54) is 0 Å². The Morgan fingerprint density at radius 1 is 1.29 bits per heavy atom. The molecule has 0 amide bonds. The minimum absolute atomic E-state index is 0.812. The molecule has 4 nitrogen and oxygen atoms in total. The van der Waals surface area contributed by atoms with Gasteiger partial charge in [0.25, 0.3) is 0 Å². The monoisotopic (exact) mass is 291 g/mol. The zero-order valence-corrected chi connectivity index (χ0v) is 11.0. The summed E-state index contributed by atoms with van der Waals surface area (Å²) in [4.78, 5) is 4.59. The van der Waals surface area contributed by atoms with E-state index >= 15 is 0 Å². The van der Waals surface area contributed by atoms with Gasteiger partial charge >= 0.3 is 0 Å². The minimum atomic E-state index is 0.812. The molecule has 2 aromatic heterocycles. The molecule has 0 saturated carbocycles. The number of rotatable bonds is 1. The van der Waals surface area contributed by atoms with Crippen molar-refractivity contribution in [2.75, 3.05) is 7.11 Å². The van der Waals surface area contributed by atoms with Crippen molar-refractivity contribution in [3.05, 3.63) is 28.9 Å². The van der Waals surface area contributed by atoms with E-state index in [0.717, 1.165) is 32.3 Å². The molecular weight excluding hydrogens is 282 g/mol. The number of halogens is 1. The third-order valence-corrected chi connectivity index (χ3v) is 3.35. The molecule has 0 fully saturated rings. The number of methoxy groups -OCH3 is 1. The molecule has 0 N–H and O–H groups in total. The summed E-state index contributed by atoms with van der Waals surface area (Å²) in [5.41, 5.74) is 1.81. The molecule has 0 unspecified atom stereocenters. The van der Waals surface area contributed by atoms with E-state index < -0.39 is 0 Å². The standard InChI is InChI=1S/C12H10BrN3O/c1-16-12-9(11(13)15-16)6-7-5-8(17-2)3-4-10(7)14-12/h3-6H,1-2H3. The molecular formula is C12H10BrN3O. The largest absolute Gasteiger partial charge is 0.497 e. The number of aromatic nitrogens is 3. The van der Waals surface area contributed by atoms with Crippen LogP contribution in [0.25, 0.3) is 21.9 Å². The van der Waals surface area contributed by atoms with Crippen molar-refractivity contribution in [2.24, 2.45) is 7.05 Å². The zero-order valence-electron chi connectivity index (χ0n) is 9.44. The predicted octanol–water partition coefficient (Wildman–Crippen LogP) is 2.89. The van der Waals surface area contributed by atoms with Gasteiger partial charge in [-0.15, -0.1) is 0 Å². The first-order valence-corrected chi connectivity index (χ1v) is 5.95. The van der Waals surface area contributed by atoms with Gasteiger partial charge in [-0.2, -0.15) is 5.10 Å². The number of fused-ring (bicyclic) bond motifs is 2. The van der Waals surface area contributed by atoms with Gasteiger partial charge in [0.2, 0.25) is 0 Å². The fraction of sp³-hybridized carbons (Fsp3) is 0.167. The lowest BCUT2D eigenvalue weighted by Crippen LogP contribution is -1.92. The van der Waals surface area contributed by atoms with Gasteiger partial charge in [0, 0.05) is 12.4 Å². The molecule has 0 atom stereocenters. The lowest BCUT2D eigenvalue weighted by atomic mass is 10.2. The molecule has 5 heteroatoms. The molecule has 0 radical (unpaired) electrons. The highest BCUT2D eigenvalue weighted by molar-refractivity contribution is 9.10. The molecule has 0 spiro atoms. The van der Waals surface area contributed by atoms with Gasteiger partial charge < -0.3 is 4.74 Å². The van der Waals surface area contributed by atoms with Crippen molar-refractivity contribution in [1.29, 1.82) is 0 Å². The molecule has 17 heavy (non-hydrogen) atoms. The first-order valence-electron chi connectivity index (χ1n) is 5.16. The molecule has 3 aromatic rings. The van der Waals surface area contributed by atoms with Gasteiger partial charge in [0.05, 0.1) is 18.0 Å². The van der Waals surface area contributed by atoms with Crippen molar-refractivity contribution in [3.8, 4) is 5.75 Å². The zero-order chi connectivity index (χ0) is 12.0. The Bertz CT molecular complexity index is 720. The Morgan fingerprint density at radius 2 is 2.12 bits per heavy atom. The van der Waals surface area contributed by atoms with E-state index in [-0.39, 0.29) is 0 Å². The van der Waals surface area contributed by atoms with Gasteiger partial charge in [-0.1, -0.05) is 0 Å². The van der Waals surface area contributed by atoms with E-state index in [1.807, 2.05) is 25.2 Å². The molecule has 2 heterocycles. The smallest absolute Gasteiger partial charge is 0.159 e.